The molecule has 1 saturated heterocycles. The number of hydrogen-bond acceptors (Lipinski definition) is 9. The first-order valence-electron chi connectivity index (χ1n) is 12.6. The lowest BCUT2D eigenvalue weighted by Gasteiger charge is -2.31. The zero-order valence-corrected chi connectivity index (χ0v) is 20.6. The van der Waals surface area contributed by atoms with E-state index in [4.69, 9.17) is 4.74 Å². The fourth-order valence-corrected chi connectivity index (χ4v) is 4.77. The molecule has 1 aliphatic carbocycles. The molecular weight excluding hydrogens is 449 g/mol. The van der Waals surface area contributed by atoms with Crippen LogP contribution in [0.15, 0.2) is 18.2 Å². The Morgan fingerprint density at radius 3 is 2.14 bits per heavy atom. The van der Waals surface area contributed by atoms with Crippen molar-refractivity contribution in [2.45, 2.75) is 70.4 Å². The number of ketones is 1. The standard InChI is InChI=1S/C25H36FN7O2/c1-17(34)16-33-13-11-19(12-14-33)28-24-30-23(27-18-7-5-3-4-6-8-18)31-25(32-24)29-20-9-10-22(35-2)21(26)15-20/h9-10,15,18-19H,3-8,11-14,16H2,1-2H3,(H3,27,28,29,30,31,32). The number of rotatable bonds is 9. The van der Waals surface area contributed by atoms with Crippen molar-refractivity contribution in [2.24, 2.45) is 0 Å². The highest BCUT2D eigenvalue weighted by Gasteiger charge is 2.22. The number of aromatic nitrogens is 3. The lowest BCUT2D eigenvalue weighted by Crippen LogP contribution is -2.41. The number of carbonyl (C=O) groups is 1. The van der Waals surface area contributed by atoms with Crippen LogP contribution in [0, 0.1) is 5.82 Å². The molecular formula is C25H36FN7O2. The minimum Gasteiger partial charge on any atom is -0.494 e. The topological polar surface area (TPSA) is 104 Å². The van der Waals surface area contributed by atoms with E-state index in [2.05, 4.69) is 35.8 Å². The first kappa shape index (κ1) is 25.1. The van der Waals surface area contributed by atoms with Crippen LogP contribution in [-0.2, 0) is 4.79 Å². The maximum Gasteiger partial charge on any atom is 0.233 e. The number of anilines is 4. The SMILES string of the molecule is COc1ccc(Nc2nc(NC3CCCCCC3)nc(NC3CCN(CC(C)=O)CC3)n2)cc1F. The Bertz CT molecular complexity index is 990. The highest BCUT2D eigenvalue weighted by molar-refractivity contribution is 5.77. The van der Waals surface area contributed by atoms with Crippen molar-refractivity contribution in [1.82, 2.24) is 19.9 Å². The highest BCUT2D eigenvalue weighted by Crippen LogP contribution is 2.25. The van der Waals surface area contributed by atoms with Gasteiger partial charge in [0.15, 0.2) is 11.6 Å². The zero-order valence-electron chi connectivity index (χ0n) is 20.6. The largest absolute Gasteiger partial charge is 0.494 e. The molecule has 2 fully saturated rings. The molecule has 1 aromatic carbocycles. The molecule has 1 saturated carbocycles. The monoisotopic (exact) mass is 485 g/mol. The van der Waals surface area contributed by atoms with Crippen LogP contribution in [0.3, 0.4) is 0 Å². The average Bonchev–Trinajstić information content (AvgIpc) is 3.09. The summed E-state index contributed by atoms with van der Waals surface area (Å²) in [6, 6.07) is 5.18. The third-order valence-corrected chi connectivity index (χ3v) is 6.60. The van der Waals surface area contributed by atoms with Gasteiger partial charge in [-0.05, 0) is 44.7 Å². The number of benzene rings is 1. The number of halogens is 1. The number of nitrogens with one attached hydrogen (secondary N) is 3. The van der Waals surface area contributed by atoms with E-state index in [0.29, 0.717) is 36.1 Å². The van der Waals surface area contributed by atoms with E-state index in [1.807, 2.05) is 0 Å². The predicted octanol–water partition coefficient (Wildman–Crippen LogP) is 4.36. The quantitative estimate of drug-likeness (QED) is 0.447. The van der Waals surface area contributed by atoms with Gasteiger partial charge in [-0.15, -0.1) is 0 Å². The van der Waals surface area contributed by atoms with Crippen molar-refractivity contribution in [1.29, 1.82) is 0 Å². The fraction of sp³-hybridized carbons (Fsp3) is 0.600. The number of ether oxygens (including phenoxy) is 1. The Balaban J connectivity index is 1.49. The molecule has 4 rings (SSSR count). The molecule has 0 bridgehead atoms. The number of carbonyl (C=O) groups excluding carboxylic acids is 1. The molecule has 2 aromatic rings. The van der Waals surface area contributed by atoms with Crippen LogP contribution in [0.1, 0.15) is 58.3 Å². The molecule has 0 atom stereocenters. The predicted molar refractivity (Wildman–Crippen MR) is 135 cm³/mol. The molecule has 2 aliphatic rings. The van der Waals surface area contributed by atoms with Gasteiger partial charge in [0.25, 0.3) is 0 Å². The summed E-state index contributed by atoms with van der Waals surface area (Å²) in [5, 5.41) is 10.1. The Kier molecular flexibility index (Phi) is 8.68. The Morgan fingerprint density at radius 1 is 0.971 bits per heavy atom. The van der Waals surface area contributed by atoms with Crippen LogP contribution in [0.2, 0.25) is 0 Å². The third kappa shape index (κ3) is 7.48. The van der Waals surface area contributed by atoms with Crippen LogP contribution in [0.4, 0.5) is 27.9 Å². The van der Waals surface area contributed by atoms with E-state index in [1.165, 1.54) is 38.9 Å². The van der Waals surface area contributed by atoms with Crippen molar-refractivity contribution in [3.63, 3.8) is 0 Å². The normalized spacial score (nSPS) is 18.0. The van der Waals surface area contributed by atoms with Gasteiger partial charge in [-0.25, -0.2) is 4.39 Å². The fourth-order valence-electron chi connectivity index (χ4n) is 4.77. The molecule has 1 aliphatic heterocycles. The summed E-state index contributed by atoms with van der Waals surface area (Å²) in [6.07, 6.45) is 8.91. The molecule has 0 unspecified atom stereocenters. The summed E-state index contributed by atoms with van der Waals surface area (Å²) in [4.78, 5) is 27.4. The molecule has 35 heavy (non-hydrogen) atoms. The minimum atomic E-state index is -0.459. The van der Waals surface area contributed by atoms with Crippen LogP contribution < -0.4 is 20.7 Å². The summed E-state index contributed by atoms with van der Waals surface area (Å²) >= 11 is 0. The van der Waals surface area contributed by atoms with E-state index in [9.17, 15) is 9.18 Å². The second-order valence-electron chi connectivity index (χ2n) is 9.51. The number of piperidine rings is 1. The lowest BCUT2D eigenvalue weighted by atomic mass is 10.1. The third-order valence-electron chi connectivity index (χ3n) is 6.60. The Labute approximate surface area is 206 Å². The molecule has 190 valence electrons. The van der Waals surface area contributed by atoms with Gasteiger partial charge in [0.1, 0.15) is 5.78 Å². The number of nitrogens with zero attached hydrogens (tertiary/aromatic N) is 4. The Hall–Kier alpha value is -3.01. The van der Waals surface area contributed by atoms with E-state index in [1.54, 1.807) is 19.1 Å². The van der Waals surface area contributed by atoms with Crippen molar-refractivity contribution >= 4 is 29.3 Å². The lowest BCUT2D eigenvalue weighted by molar-refractivity contribution is -0.118. The molecule has 1 aromatic heterocycles. The Morgan fingerprint density at radius 2 is 1.57 bits per heavy atom. The van der Waals surface area contributed by atoms with Gasteiger partial charge < -0.3 is 20.7 Å². The summed E-state index contributed by atoms with van der Waals surface area (Å²) in [6.45, 7) is 3.83. The van der Waals surface area contributed by atoms with Crippen LogP contribution in [0.5, 0.6) is 5.75 Å². The first-order chi connectivity index (χ1) is 17.0. The van der Waals surface area contributed by atoms with Crippen molar-refractivity contribution in [3.8, 4) is 5.75 Å². The summed E-state index contributed by atoms with van der Waals surface area (Å²) in [5.41, 5.74) is 0.526. The molecule has 2 heterocycles. The van der Waals surface area contributed by atoms with Gasteiger partial charge in [-0.2, -0.15) is 15.0 Å². The van der Waals surface area contributed by atoms with Crippen molar-refractivity contribution in [2.75, 3.05) is 42.7 Å². The maximum absolute atomic E-state index is 14.2. The van der Waals surface area contributed by atoms with E-state index in [0.717, 1.165) is 38.8 Å². The average molecular weight is 486 g/mol. The number of Topliss-reactive ketones (excluding diaryl/α,β-unsaturated/α-hetero) is 1. The number of likely N-dealkylation sites (tertiary alicyclic amines) is 1. The molecule has 0 amide bonds. The van der Waals surface area contributed by atoms with Crippen molar-refractivity contribution in [3.05, 3.63) is 24.0 Å². The molecule has 9 nitrogen and oxygen atoms in total. The number of hydrogen-bond donors (Lipinski definition) is 3. The second-order valence-corrected chi connectivity index (χ2v) is 9.51. The van der Waals surface area contributed by atoms with Crippen molar-refractivity contribution < 1.29 is 13.9 Å². The summed E-state index contributed by atoms with van der Waals surface area (Å²) in [5.74, 6) is 1.25. The van der Waals surface area contributed by atoms with Gasteiger partial charge in [-0.1, -0.05) is 25.7 Å². The minimum absolute atomic E-state index is 0.181. The second kappa shape index (κ2) is 12.1. The van der Waals surface area contributed by atoms with E-state index < -0.39 is 5.82 Å². The molecule has 10 heteroatoms. The number of methoxy groups -OCH3 is 1. The van der Waals surface area contributed by atoms with Crippen LogP contribution in [-0.4, -0.2) is 64.5 Å². The van der Waals surface area contributed by atoms with Gasteiger partial charge in [0.2, 0.25) is 17.8 Å². The van der Waals surface area contributed by atoms with E-state index in [-0.39, 0.29) is 17.6 Å². The zero-order chi connectivity index (χ0) is 24.6. The smallest absolute Gasteiger partial charge is 0.233 e. The summed E-state index contributed by atoms with van der Waals surface area (Å²) in [7, 11) is 1.44. The summed E-state index contributed by atoms with van der Waals surface area (Å²) < 4.78 is 19.2. The van der Waals surface area contributed by atoms with Gasteiger partial charge >= 0.3 is 0 Å². The van der Waals surface area contributed by atoms with Crippen LogP contribution >= 0.6 is 0 Å². The highest BCUT2D eigenvalue weighted by atomic mass is 19.1. The maximum atomic E-state index is 14.2. The van der Waals surface area contributed by atoms with Crippen LogP contribution in [0.25, 0.3) is 0 Å². The molecule has 0 spiro atoms. The van der Waals surface area contributed by atoms with E-state index >= 15 is 0 Å². The van der Waals surface area contributed by atoms with Gasteiger partial charge in [0, 0.05) is 36.9 Å². The molecule has 3 N–H and O–H groups in total. The molecule has 0 radical (unpaired) electrons. The van der Waals surface area contributed by atoms with Gasteiger partial charge in [0.05, 0.1) is 13.7 Å². The van der Waals surface area contributed by atoms with Gasteiger partial charge in [-0.3, -0.25) is 9.69 Å². The first-order valence-corrected chi connectivity index (χ1v) is 12.6.